The van der Waals surface area contributed by atoms with E-state index in [9.17, 15) is 4.79 Å². The molecule has 1 aliphatic rings. The molecule has 22 heavy (non-hydrogen) atoms. The predicted molar refractivity (Wildman–Crippen MR) is 82.0 cm³/mol. The van der Waals surface area contributed by atoms with E-state index < -0.39 is 5.54 Å². The molecule has 1 aliphatic heterocycles. The number of hydrogen-bond acceptors (Lipinski definition) is 5. The van der Waals surface area contributed by atoms with Gasteiger partial charge in [0.1, 0.15) is 11.4 Å². The summed E-state index contributed by atoms with van der Waals surface area (Å²) in [5, 5.41) is 4.08. The van der Waals surface area contributed by atoms with Gasteiger partial charge in [-0.1, -0.05) is 0 Å². The number of nitrogens with two attached hydrogens (primary N) is 1. The highest BCUT2D eigenvalue weighted by Gasteiger charge is 2.44. The monoisotopic (exact) mass is 300 g/mol. The van der Waals surface area contributed by atoms with Crippen LogP contribution in [0.15, 0.2) is 18.5 Å². The molecule has 7 heteroatoms. The van der Waals surface area contributed by atoms with Gasteiger partial charge < -0.3 is 10.6 Å². The van der Waals surface area contributed by atoms with Gasteiger partial charge in [-0.2, -0.15) is 5.10 Å². The summed E-state index contributed by atoms with van der Waals surface area (Å²) in [7, 11) is 1.80. The number of nitrogens with zero attached hydrogens (tertiary/aromatic N) is 5. The highest BCUT2D eigenvalue weighted by molar-refractivity contribution is 5.94. The Bertz CT molecular complexity index is 704. The maximum Gasteiger partial charge on any atom is 0.257 e. The van der Waals surface area contributed by atoms with Gasteiger partial charge in [0.15, 0.2) is 5.82 Å². The quantitative estimate of drug-likeness (QED) is 0.901. The minimum atomic E-state index is -0.535. The summed E-state index contributed by atoms with van der Waals surface area (Å²) in [6.45, 7) is 4.57. The van der Waals surface area contributed by atoms with Crippen molar-refractivity contribution in [3.05, 3.63) is 35.5 Å². The largest absolute Gasteiger partial charge is 0.384 e. The lowest BCUT2D eigenvalue weighted by Gasteiger charge is -2.33. The van der Waals surface area contributed by atoms with Crippen LogP contribution in [0.1, 0.15) is 41.6 Å². The van der Waals surface area contributed by atoms with Gasteiger partial charge in [0.2, 0.25) is 0 Å². The highest BCUT2D eigenvalue weighted by Crippen LogP contribution is 2.38. The Morgan fingerprint density at radius 2 is 2.18 bits per heavy atom. The smallest absolute Gasteiger partial charge is 0.257 e. The van der Waals surface area contributed by atoms with Crippen molar-refractivity contribution in [3.8, 4) is 0 Å². The van der Waals surface area contributed by atoms with Crippen molar-refractivity contribution < 1.29 is 4.79 Å². The maximum atomic E-state index is 12.8. The zero-order valence-electron chi connectivity index (χ0n) is 13.1. The minimum absolute atomic E-state index is 0.0447. The van der Waals surface area contributed by atoms with Crippen LogP contribution >= 0.6 is 0 Å². The van der Waals surface area contributed by atoms with E-state index in [1.807, 2.05) is 18.7 Å². The van der Waals surface area contributed by atoms with Gasteiger partial charge in [0.25, 0.3) is 5.91 Å². The molecule has 0 aliphatic carbocycles. The van der Waals surface area contributed by atoms with Crippen LogP contribution in [0.4, 0.5) is 5.82 Å². The van der Waals surface area contributed by atoms with E-state index in [-0.39, 0.29) is 5.91 Å². The Kier molecular flexibility index (Phi) is 3.35. The van der Waals surface area contributed by atoms with Gasteiger partial charge in [-0.15, -0.1) is 0 Å². The van der Waals surface area contributed by atoms with Gasteiger partial charge in [-0.3, -0.25) is 9.48 Å². The number of carbonyl (C=O) groups is 1. The second-order valence-electron chi connectivity index (χ2n) is 5.99. The fourth-order valence-corrected chi connectivity index (χ4v) is 3.04. The summed E-state index contributed by atoms with van der Waals surface area (Å²) in [5.74, 6) is 1.00. The van der Waals surface area contributed by atoms with Crippen LogP contribution in [0.2, 0.25) is 0 Å². The highest BCUT2D eigenvalue weighted by atomic mass is 16.2. The second-order valence-corrected chi connectivity index (χ2v) is 5.99. The van der Waals surface area contributed by atoms with Crippen molar-refractivity contribution in [3.63, 3.8) is 0 Å². The van der Waals surface area contributed by atoms with Crippen LogP contribution in [0.25, 0.3) is 0 Å². The first-order valence-electron chi connectivity index (χ1n) is 7.32. The van der Waals surface area contributed by atoms with E-state index >= 15 is 0 Å². The summed E-state index contributed by atoms with van der Waals surface area (Å²) in [4.78, 5) is 23.5. The van der Waals surface area contributed by atoms with E-state index in [1.54, 1.807) is 30.2 Å². The molecule has 1 saturated heterocycles. The summed E-state index contributed by atoms with van der Waals surface area (Å²) < 4.78 is 1.63. The molecule has 0 aromatic carbocycles. The van der Waals surface area contributed by atoms with Crippen molar-refractivity contribution >= 4 is 11.7 Å². The number of aromatic nitrogens is 4. The molecule has 2 aromatic rings. The van der Waals surface area contributed by atoms with Crippen LogP contribution in [0.5, 0.6) is 0 Å². The molecule has 1 fully saturated rings. The number of anilines is 1. The van der Waals surface area contributed by atoms with E-state index in [4.69, 9.17) is 5.73 Å². The van der Waals surface area contributed by atoms with Crippen molar-refractivity contribution in [2.24, 2.45) is 7.05 Å². The average molecular weight is 300 g/mol. The van der Waals surface area contributed by atoms with Gasteiger partial charge in [0.05, 0.1) is 11.8 Å². The molecule has 2 N–H and O–H groups in total. The van der Waals surface area contributed by atoms with Crippen LogP contribution in [-0.2, 0) is 12.6 Å². The van der Waals surface area contributed by atoms with Crippen LogP contribution in [0.3, 0.4) is 0 Å². The molecule has 3 rings (SSSR count). The van der Waals surface area contributed by atoms with Gasteiger partial charge in [0, 0.05) is 31.5 Å². The minimum Gasteiger partial charge on any atom is -0.384 e. The first kappa shape index (κ1) is 14.5. The molecule has 0 spiro atoms. The first-order chi connectivity index (χ1) is 10.4. The van der Waals surface area contributed by atoms with Crippen LogP contribution in [-0.4, -0.2) is 37.1 Å². The fourth-order valence-electron chi connectivity index (χ4n) is 3.04. The molecular weight excluding hydrogens is 280 g/mol. The van der Waals surface area contributed by atoms with E-state index in [0.717, 1.165) is 18.5 Å². The second kappa shape index (κ2) is 5.08. The fraction of sp³-hybridized carbons (Fsp3) is 0.467. The molecule has 2 aromatic heterocycles. The zero-order valence-corrected chi connectivity index (χ0v) is 13.1. The number of hydrogen-bond donors (Lipinski definition) is 1. The third-order valence-corrected chi connectivity index (χ3v) is 4.19. The standard InChI is InChI=1S/C15H20N6O/c1-10-7-12(16)19-14(18-10)15(2)5-4-6-21(15)13(22)11-8-17-20(3)9-11/h7-9H,4-6H2,1-3H3,(H2,16,18,19). The number of aryl methyl sites for hydroxylation is 2. The third kappa shape index (κ3) is 2.32. The summed E-state index contributed by atoms with van der Waals surface area (Å²) >= 11 is 0. The Hall–Kier alpha value is -2.44. The number of likely N-dealkylation sites (tertiary alicyclic amines) is 1. The van der Waals surface area contributed by atoms with Crippen molar-refractivity contribution in [2.75, 3.05) is 12.3 Å². The molecular formula is C15H20N6O. The molecule has 1 atom stereocenters. The van der Waals surface area contributed by atoms with Gasteiger partial charge in [-0.05, 0) is 26.7 Å². The number of carbonyl (C=O) groups excluding carboxylic acids is 1. The molecule has 1 unspecified atom stereocenters. The molecule has 0 bridgehead atoms. The predicted octanol–water partition coefficient (Wildman–Crippen LogP) is 1.25. The zero-order chi connectivity index (χ0) is 15.9. The average Bonchev–Trinajstić information content (AvgIpc) is 3.04. The topological polar surface area (TPSA) is 89.9 Å². The van der Waals surface area contributed by atoms with Crippen molar-refractivity contribution in [1.82, 2.24) is 24.6 Å². The molecule has 0 radical (unpaired) electrons. The number of rotatable bonds is 2. The Balaban J connectivity index is 1.99. The van der Waals surface area contributed by atoms with Gasteiger partial charge in [-0.25, -0.2) is 9.97 Å². The lowest BCUT2D eigenvalue weighted by atomic mass is 9.97. The molecule has 1 amide bonds. The lowest BCUT2D eigenvalue weighted by Crippen LogP contribution is -2.44. The Labute approximate surface area is 129 Å². The van der Waals surface area contributed by atoms with Gasteiger partial charge >= 0.3 is 0 Å². The van der Waals surface area contributed by atoms with Crippen molar-refractivity contribution in [1.29, 1.82) is 0 Å². The summed E-state index contributed by atoms with van der Waals surface area (Å²) in [6.07, 6.45) is 5.06. The first-order valence-corrected chi connectivity index (χ1v) is 7.32. The summed E-state index contributed by atoms with van der Waals surface area (Å²) in [5.41, 5.74) is 6.71. The van der Waals surface area contributed by atoms with E-state index in [1.165, 1.54) is 0 Å². The summed E-state index contributed by atoms with van der Waals surface area (Å²) in [6, 6.07) is 1.73. The SMILES string of the molecule is Cc1cc(N)nc(C2(C)CCCN2C(=O)c2cnn(C)c2)n1. The molecule has 3 heterocycles. The number of nitrogen functional groups attached to an aromatic ring is 1. The van der Waals surface area contributed by atoms with Crippen LogP contribution < -0.4 is 5.73 Å². The van der Waals surface area contributed by atoms with Crippen LogP contribution in [0, 0.1) is 6.92 Å². The maximum absolute atomic E-state index is 12.8. The molecule has 7 nitrogen and oxygen atoms in total. The van der Waals surface area contributed by atoms with E-state index in [0.29, 0.717) is 23.8 Å². The third-order valence-electron chi connectivity index (χ3n) is 4.19. The van der Waals surface area contributed by atoms with Crippen molar-refractivity contribution in [2.45, 2.75) is 32.2 Å². The normalized spacial score (nSPS) is 21.3. The number of amides is 1. The Morgan fingerprint density at radius 1 is 1.41 bits per heavy atom. The lowest BCUT2D eigenvalue weighted by molar-refractivity contribution is 0.0603. The Morgan fingerprint density at radius 3 is 2.82 bits per heavy atom. The van der Waals surface area contributed by atoms with E-state index in [2.05, 4.69) is 15.1 Å². The molecule has 0 saturated carbocycles. The molecule has 116 valence electrons.